The molecule has 0 radical (unpaired) electrons. The first-order valence-electron chi connectivity index (χ1n) is 8.47. The number of aromatic nitrogens is 1. The van der Waals surface area contributed by atoms with Crippen molar-refractivity contribution < 1.29 is 9.90 Å². The molecule has 1 aromatic carbocycles. The summed E-state index contributed by atoms with van der Waals surface area (Å²) in [6.45, 7) is 1.09. The van der Waals surface area contributed by atoms with Gasteiger partial charge in [-0.3, -0.25) is 9.69 Å². The lowest BCUT2D eigenvalue weighted by molar-refractivity contribution is -0.133. The minimum absolute atomic E-state index is 0.00396. The Bertz CT molecular complexity index is 823. The zero-order valence-electron chi connectivity index (χ0n) is 14.1. The maximum atomic E-state index is 12.7. The molecule has 4 rings (SSSR count). The van der Waals surface area contributed by atoms with Gasteiger partial charge in [0.15, 0.2) is 0 Å². The normalized spacial score (nSPS) is 23.0. The van der Waals surface area contributed by atoms with E-state index < -0.39 is 0 Å². The first-order valence-corrected chi connectivity index (χ1v) is 8.47. The van der Waals surface area contributed by atoms with Gasteiger partial charge in [-0.25, -0.2) is 0 Å². The summed E-state index contributed by atoms with van der Waals surface area (Å²) in [7, 11) is 3.86. The molecule has 1 amide bonds. The van der Waals surface area contributed by atoms with E-state index in [4.69, 9.17) is 5.11 Å². The van der Waals surface area contributed by atoms with Crippen molar-refractivity contribution in [2.24, 2.45) is 5.92 Å². The molecular weight excluding hydrogens is 302 g/mol. The van der Waals surface area contributed by atoms with Crippen molar-refractivity contribution in [1.29, 1.82) is 0 Å². The van der Waals surface area contributed by atoms with Gasteiger partial charge < -0.3 is 15.0 Å². The molecule has 0 saturated carbocycles. The number of hydrogen-bond donors (Lipinski definition) is 2. The van der Waals surface area contributed by atoms with Crippen LogP contribution in [-0.2, 0) is 11.2 Å². The molecule has 1 aliphatic carbocycles. The zero-order chi connectivity index (χ0) is 16.8. The average molecular weight is 325 g/mol. The van der Waals surface area contributed by atoms with Gasteiger partial charge in [0, 0.05) is 43.3 Å². The van der Waals surface area contributed by atoms with Gasteiger partial charge in [0.1, 0.15) is 0 Å². The Labute approximate surface area is 141 Å². The van der Waals surface area contributed by atoms with Gasteiger partial charge in [-0.1, -0.05) is 18.2 Å². The predicted molar refractivity (Wildman–Crippen MR) is 94.6 cm³/mol. The Morgan fingerprint density at radius 1 is 1.46 bits per heavy atom. The largest absolute Gasteiger partial charge is 0.395 e. The summed E-state index contributed by atoms with van der Waals surface area (Å²) >= 11 is 0. The summed E-state index contributed by atoms with van der Waals surface area (Å²) in [6, 6.07) is 6.67. The molecule has 5 heteroatoms. The lowest BCUT2D eigenvalue weighted by Crippen LogP contribution is -2.47. The predicted octanol–water partition coefficient (Wildman–Crippen LogP) is 1.49. The standard InChI is InChI=1S/C19H23N3O2/c1-21(6-7-23)19(24)13-8-15-14-4-3-5-16-18(14)12(10-20-16)9-17(15)22(2)11-13/h3-5,8,10,13,17,20,23H,6-7,9,11H2,1-2H3/t13-,17-/m1/s1. The molecule has 24 heavy (non-hydrogen) atoms. The highest BCUT2D eigenvalue weighted by Gasteiger charge is 2.36. The summed E-state index contributed by atoms with van der Waals surface area (Å²) in [6.07, 6.45) is 5.25. The van der Waals surface area contributed by atoms with Gasteiger partial charge in [-0.15, -0.1) is 0 Å². The molecule has 0 unspecified atom stereocenters. The van der Waals surface area contributed by atoms with Crippen LogP contribution in [0.25, 0.3) is 16.5 Å². The molecule has 2 heterocycles. The van der Waals surface area contributed by atoms with Gasteiger partial charge in [0.2, 0.25) is 5.91 Å². The number of nitrogens with one attached hydrogen (secondary N) is 1. The van der Waals surface area contributed by atoms with Crippen LogP contribution in [0.15, 0.2) is 30.5 Å². The number of fused-ring (bicyclic) bond motifs is 2. The van der Waals surface area contributed by atoms with E-state index >= 15 is 0 Å². The summed E-state index contributed by atoms with van der Waals surface area (Å²) in [5.41, 5.74) is 5.03. The van der Waals surface area contributed by atoms with Crippen LogP contribution in [-0.4, -0.2) is 65.6 Å². The second-order valence-corrected chi connectivity index (χ2v) is 6.91. The number of hydrogen-bond acceptors (Lipinski definition) is 3. The Hall–Kier alpha value is -2.11. The minimum atomic E-state index is -0.159. The highest BCUT2D eigenvalue weighted by atomic mass is 16.3. The maximum absolute atomic E-state index is 12.7. The number of amides is 1. The highest BCUT2D eigenvalue weighted by molar-refractivity contribution is 5.99. The molecule has 2 N–H and O–H groups in total. The van der Waals surface area contributed by atoms with Crippen molar-refractivity contribution in [2.45, 2.75) is 12.5 Å². The van der Waals surface area contributed by atoms with Crippen molar-refractivity contribution in [1.82, 2.24) is 14.8 Å². The smallest absolute Gasteiger partial charge is 0.230 e. The molecule has 0 spiro atoms. The second-order valence-electron chi connectivity index (χ2n) is 6.91. The average Bonchev–Trinajstić information content (AvgIpc) is 3.00. The van der Waals surface area contributed by atoms with E-state index in [1.165, 1.54) is 22.1 Å². The molecule has 2 aliphatic rings. The fourth-order valence-corrected chi connectivity index (χ4v) is 4.15. The quantitative estimate of drug-likeness (QED) is 0.899. The summed E-state index contributed by atoms with van der Waals surface area (Å²) in [4.78, 5) is 20.0. The number of aromatic amines is 1. The fourth-order valence-electron chi connectivity index (χ4n) is 4.15. The molecule has 0 bridgehead atoms. The Morgan fingerprint density at radius 3 is 3.08 bits per heavy atom. The molecule has 2 aromatic rings. The molecule has 1 aromatic heterocycles. The minimum Gasteiger partial charge on any atom is -0.395 e. The van der Waals surface area contributed by atoms with Crippen LogP contribution < -0.4 is 0 Å². The van der Waals surface area contributed by atoms with Crippen molar-refractivity contribution in [3.8, 4) is 0 Å². The molecule has 0 saturated heterocycles. The van der Waals surface area contributed by atoms with Gasteiger partial charge in [-0.2, -0.15) is 0 Å². The van der Waals surface area contributed by atoms with Crippen LogP contribution in [0.1, 0.15) is 11.1 Å². The SMILES string of the molecule is CN(CCO)C(=O)[C@@H]1C=C2c3cccc4[nH]cc(c34)C[C@H]2N(C)C1. The van der Waals surface area contributed by atoms with Gasteiger partial charge in [-0.05, 0) is 36.2 Å². The van der Waals surface area contributed by atoms with Crippen LogP contribution in [0.2, 0.25) is 0 Å². The number of aliphatic hydroxyl groups excluding tert-OH is 1. The van der Waals surface area contributed by atoms with E-state index in [2.05, 4.69) is 47.4 Å². The third-order valence-electron chi connectivity index (χ3n) is 5.40. The number of benzene rings is 1. The topological polar surface area (TPSA) is 59.6 Å². The Kier molecular flexibility index (Phi) is 3.70. The summed E-state index contributed by atoms with van der Waals surface area (Å²) in [5, 5.41) is 10.4. The molecule has 126 valence electrons. The lowest BCUT2D eigenvalue weighted by atomic mass is 9.79. The van der Waals surface area contributed by atoms with Crippen molar-refractivity contribution in [3.63, 3.8) is 0 Å². The third kappa shape index (κ3) is 2.27. The number of rotatable bonds is 3. The number of carbonyl (C=O) groups is 1. The van der Waals surface area contributed by atoms with E-state index in [0.717, 1.165) is 18.5 Å². The van der Waals surface area contributed by atoms with Crippen LogP contribution in [0.3, 0.4) is 0 Å². The first kappa shape index (κ1) is 15.4. The number of carbonyl (C=O) groups excluding carboxylic acids is 1. The number of likely N-dealkylation sites (N-methyl/N-ethyl adjacent to an activating group) is 2. The van der Waals surface area contributed by atoms with E-state index in [1.54, 1.807) is 11.9 Å². The fraction of sp³-hybridized carbons (Fsp3) is 0.421. The number of H-pyrrole nitrogens is 1. The summed E-state index contributed by atoms with van der Waals surface area (Å²) < 4.78 is 0. The monoisotopic (exact) mass is 325 g/mol. The van der Waals surface area contributed by atoms with E-state index in [-0.39, 0.29) is 18.4 Å². The Morgan fingerprint density at radius 2 is 2.29 bits per heavy atom. The van der Waals surface area contributed by atoms with E-state index in [0.29, 0.717) is 12.6 Å². The zero-order valence-corrected chi connectivity index (χ0v) is 14.1. The van der Waals surface area contributed by atoms with Crippen LogP contribution in [0.4, 0.5) is 0 Å². The number of aliphatic hydroxyl groups is 1. The van der Waals surface area contributed by atoms with Crippen molar-refractivity contribution in [2.75, 3.05) is 33.8 Å². The first-order chi connectivity index (χ1) is 11.6. The molecule has 0 fully saturated rings. The van der Waals surface area contributed by atoms with E-state index in [9.17, 15) is 4.79 Å². The molecule has 5 nitrogen and oxygen atoms in total. The third-order valence-corrected chi connectivity index (χ3v) is 5.40. The maximum Gasteiger partial charge on any atom is 0.230 e. The van der Waals surface area contributed by atoms with Crippen molar-refractivity contribution >= 4 is 22.4 Å². The van der Waals surface area contributed by atoms with Crippen LogP contribution >= 0.6 is 0 Å². The molecular formula is C19H23N3O2. The van der Waals surface area contributed by atoms with Gasteiger partial charge in [0.25, 0.3) is 0 Å². The molecule has 2 atom stereocenters. The van der Waals surface area contributed by atoms with Crippen molar-refractivity contribution in [3.05, 3.63) is 41.6 Å². The molecule has 1 aliphatic heterocycles. The lowest BCUT2D eigenvalue weighted by Gasteiger charge is -2.40. The second kappa shape index (κ2) is 5.76. The number of nitrogens with zero attached hydrogens (tertiary/aromatic N) is 2. The highest BCUT2D eigenvalue weighted by Crippen LogP contribution is 2.40. The Balaban J connectivity index is 1.77. The van der Waals surface area contributed by atoms with Crippen LogP contribution in [0, 0.1) is 5.92 Å². The van der Waals surface area contributed by atoms with Crippen LogP contribution in [0.5, 0.6) is 0 Å². The summed E-state index contributed by atoms with van der Waals surface area (Å²) in [5.74, 6) is -0.0811. The van der Waals surface area contributed by atoms with Gasteiger partial charge >= 0.3 is 0 Å². The van der Waals surface area contributed by atoms with Gasteiger partial charge in [0.05, 0.1) is 12.5 Å². The van der Waals surface area contributed by atoms with E-state index in [1.807, 2.05) is 0 Å².